The first-order valence-corrected chi connectivity index (χ1v) is 6.16. The third kappa shape index (κ3) is 4.00. The summed E-state index contributed by atoms with van der Waals surface area (Å²) in [5.74, 6) is 0.257. The summed E-state index contributed by atoms with van der Waals surface area (Å²) in [4.78, 5) is 7.79. The van der Waals surface area contributed by atoms with E-state index in [1.165, 1.54) is 30.6 Å². The summed E-state index contributed by atoms with van der Waals surface area (Å²) in [6.07, 6.45) is 2.80. The second-order valence-corrected chi connectivity index (χ2v) is 4.29. The van der Waals surface area contributed by atoms with Crippen LogP contribution in [0.15, 0.2) is 30.6 Å². The fourth-order valence-corrected chi connectivity index (χ4v) is 1.82. The van der Waals surface area contributed by atoms with Crippen molar-refractivity contribution in [3.63, 3.8) is 0 Å². The summed E-state index contributed by atoms with van der Waals surface area (Å²) in [5.41, 5.74) is 0.521. The maximum absolute atomic E-state index is 12.3. The van der Waals surface area contributed by atoms with Crippen molar-refractivity contribution < 1.29 is 13.5 Å². The topological polar surface area (TPSA) is 70.8 Å². The lowest BCUT2D eigenvalue weighted by Crippen LogP contribution is -2.09. The molecule has 0 aliphatic rings. The van der Waals surface area contributed by atoms with Gasteiger partial charge in [-0.05, 0) is 18.2 Å². The average Bonchev–Trinajstić information content (AvgIpc) is 2.47. The Bertz CT molecular complexity index is 675. The van der Waals surface area contributed by atoms with E-state index in [9.17, 15) is 8.78 Å². The summed E-state index contributed by atoms with van der Waals surface area (Å²) in [6.45, 7) is -2.83. The van der Waals surface area contributed by atoms with Gasteiger partial charge in [-0.3, -0.25) is 0 Å². The highest BCUT2D eigenvalue weighted by Crippen LogP contribution is 2.25. The second-order valence-electron chi connectivity index (χ2n) is 3.85. The molecule has 108 valence electrons. The number of benzene rings is 1. The van der Waals surface area contributed by atoms with Gasteiger partial charge in [0.1, 0.15) is 11.8 Å². The minimum atomic E-state index is -2.93. The van der Waals surface area contributed by atoms with Crippen LogP contribution in [-0.4, -0.2) is 16.6 Å². The van der Waals surface area contributed by atoms with Crippen LogP contribution >= 0.6 is 11.6 Å². The van der Waals surface area contributed by atoms with E-state index in [4.69, 9.17) is 16.9 Å². The van der Waals surface area contributed by atoms with E-state index < -0.39 is 6.61 Å². The molecule has 2 rings (SSSR count). The van der Waals surface area contributed by atoms with Gasteiger partial charge in [0, 0.05) is 29.5 Å². The number of aromatic nitrogens is 2. The largest absolute Gasteiger partial charge is 0.434 e. The van der Waals surface area contributed by atoms with Crippen molar-refractivity contribution in [1.29, 1.82) is 5.26 Å². The summed E-state index contributed by atoms with van der Waals surface area (Å²) in [5, 5.41) is 12.1. The summed E-state index contributed by atoms with van der Waals surface area (Å²) in [6, 6.07) is 6.18. The van der Waals surface area contributed by atoms with E-state index >= 15 is 0 Å². The number of nitrogens with zero attached hydrogens (tertiary/aromatic N) is 3. The van der Waals surface area contributed by atoms with Crippen LogP contribution in [0.4, 0.5) is 14.6 Å². The molecule has 0 atom stereocenters. The van der Waals surface area contributed by atoms with Crippen LogP contribution in [0.25, 0.3) is 0 Å². The molecule has 1 heterocycles. The van der Waals surface area contributed by atoms with E-state index in [0.29, 0.717) is 10.6 Å². The molecule has 8 heteroatoms. The SMILES string of the molecule is N#Cc1nccnc1NCc1cc(Cl)ccc1OC(F)F. The Labute approximate surface area is 124 Å². The van der Waals surface area contributed by atoms with Crippen LogP contribution < -0.4 is 10.1 Å². The molecule has 0 spiro atoms. The first-order valence-electron chi connectivity index (χ1n) is 5.78. The number of hydrogen-bond donors (Lipinski definition) is 1. The fourth-order valence-electron chi connectivity index (χ4n) is 1.63. The summed E-state index contributed by atoms with van der Waals surface area (Å²) < 4.78 is 29.1. The molecule has 0 aliphatic heterocycles. The predicted octanol–water partition coefficient (Wildman–Crippen LogP) is 3.22. The monoisotopic (exact) mass is 310 g/mol. The van der Waals surface area contributed by atoms with Crippen molar-refractivity contribution in [2.75, 3.05) is 5.32 Å². The van der Waals surface area contributed by atoms with Gasteiger partial charge < -0.3 is 10.1 Å². The molecule has 0 aliphatic carbocycles. The van der Waals surface area contributed by atoms with Gasteiger partial charge in [0.25, 0.3) is 0 Å². The first kappa shape index (κ1) is 14.9. The smallest absolute Gasteiger partial charge is 0.387 e. The molecule has 0 bridgehead atoms. The Morgan fingerprint density at radius 3 is 2.81 bits per heavy atom. The first-order chi connectivity index (χ1) is 10.1. The predicted molar refractivity (Wildman–Crippen MR) is 72.2 cm³/mol. The molecule has 0 saturated heterocycles. The molecular weight excluding hydrogens is 302 g/mol. The maximum Gasteiger partial charge on any atom is 0.387 e. The molecule has 0 saturated carbocycles. The molecule has 1 aromatic carbocycles. The molecule has 0 radical (unpaired) electrons. The Balaban J connectivity index is 2.19. The van der Waals surface area contributed by atoms with Gasteiger partial charge in [0.2, 0.25) is 0 Å². The molecule has 21 heavy (non-hydrogen) atoms. The van der Waals surface area contributed by atoms with Gasteiger partial charge in [0.15, 0.2) is 11.5 Å². The number of nitrogens with one attached hydrogen (secondary N) is 1. The van der Waals surface area contributed by atoms with Crippen molar-refractivity contribution in [1.82, 2.24) is 9.97 Å². The van der Waals surface area contributed by atoms with Crippen molar-refractivity contribution in [2.45, 2.75) is 13.2 Å². The van der Waals surface area contributed by atoms with Gasteiger partial charge in [0.05, 0.1) is 0 Å². The van der Waals surface area contributed by atoms with E-state index in [-0.39, 0.29) is 23.8 Å². The quantitative estimate of drug-likeness (QED) is 0.918. The van der Waals surface area contributed by atoms with Gasteiger partial charge in [-0.1, -0.05) is 11.6 Å². The van der Waals surface area contributed by atoms with Crippen LogP contribution in [0.2, 0.25) is 5.02 Å². The second kappa shape index (κ2) is 6.81. The molecule has 5 nitrogen and oxygen atoms in total. The normalized spacial score (nSPS) is 10.2. The molecule has 1 aromatic heterocycles. The summed E-state index contributed by atoms with van der Waals surface area (Å²) in [7, 11) is 0. The number of halogens is 3. The lowest BCUT2D eigenvalue weighted by molar-refractivity contribution is -0.0504. The zero-order chi connectivity index (χ0) is 15.2. The van der Waals surface area contributed by atoms with E-state index in [1.54, 1.807) is 0 Å². The number of alkyl halides is 2. The fraction of sp³-hybridized carbons (Fsp3) is 0.154. The number of rotatable bonds is 5. The van der Waals surface area contributed by atoms with Crippen molar-refractivity contribution in [3.05, 3.63) is 46.9 Å². The lowest BCUT2D eigenvalue weighted by atomic mass is 10.2. The number of hydrogen-bond acceptors (Lipinski definition) is 5. The zero-order valence-corrected chi connectivity index (χ0v) is 11.3. The van der Waals surface area contributed by atoms with Crippen molar-refractivity contribution in [3.8, 4) is 11.8 Å². The van der Waals surface area contributed by atoms with Crippen LogP contribution in [-0.2, 0) is 6.54 Å². The van der Waals surface area contributed by atoms with Crippen LogP contribution in [0.5, 0.6) is 5.75 Å². The van der Waals surface area contributed by atoms with Crippen LogP contribution in [0.1, 0.15) is 11.3 Å². The molecule has 2 aromatic rings. The standard InChI is InChI=1S/C13H9ClF2N4O/c14-9-1-2-11(21-13(15)16)8(5-9)7-20-12-10(6-17)18-3-4-19-12/h1-5,13H,7H2,(H,19,20). The molecule has 0 amide bonds. The lowest BCUT2D eigenvalue weighted by Gasteiger charge is -2.12. The third-order valence-corrected chi connectivity index (χ3v) is 2.72. The Morgan fingerprint density at radius 1 is 1.33 bits per heavy atom. The van der Waals surface area contributed by atoms with Gasteiger partial charge in [-0.25, -0.2) is 9.97 Å². The number of nitriles is 1. The van der Waals surface area contributed by atoms with Crippen LogP contribution in [0, 0.1) is 11.3 Å². The highest BCUT2D eigenvalue weighted by atomic mass is 35.5. The number of anilines is 1. The highest BCUT2D eigenvalue weighted by molar-refractivity contribution is 6.30. The van der Waals surface area contributed by atoms with E-state index in [1.807, 2.05) is 6.07 Å². The average molecular weight is 311 g/mol. The van der Waals surface area contributed by atoms with Crippen molar-refractivity contribution in [2.24, 2.45) is 0 Å². The Hall–Kier alpha value is -2.46. The van der Waals surface area contributed by atoms with Crippen molar-refractivity contribution >= 4 is 17.4 Å². The zero-order valence-electron chi connectivity index (χ0n) is 10.6. The van der Waals surface area contributed by atoms with E-state index in [2.05, 4.69) is 20.0 Å². The van der Waals surface area contributed by atoms with Crippen LogP contribution in [0.3, 0.4) is 0 Å². The third-order valence-electron chi connectivity index (χ3n) is 2.49. The Kier molecular flexibility index (Phi) is 4.85. The Morgan fingerprint density at radius 2 is 2.10 bits per heavy atom. The minimum Gasteiger partial charge on any atom is -0.434 e. The number of ether oxygens (including phenoxy) is 1. The highest BCUT2D eigenvalue weighted by Gasteiger charge is 2.11. The maximum atomic E-state index is 12.3. The molecule has 0 unspecified atom stereocenters. The molecule has 1 N–H and O–H groups in total. The molecular formula is C13H9ClF2N4O. The van der Waals surface area contributed by atoms with Gasteiger partial charge >= 0.3 is 6.61 Å². The van der Waals surface area contributed by atoms with Gasteiger partial charge in [-0.15, -0.1) is 0 Å². The summed E-state index contributed by atoms with van der Waals surface area (Å²) >= 11 is 5.84. The van der Waals surface area contributed by atoms with Gasteiger partial charge in [-0.2, -0.15) is 14.0 Å². The van der Waals surface area contributed by atoms with E-state index in [0.717, 1.165) is 0 Å². The molecule has 0 fully saturated rings. The minimum absolute atomic E-state index is 0.00398.